The topological polar surface area (TPSA) is 81.2 Å². The summed E-state index contributed by atoms with van der Waals surface area (Å²) in [6.07, 6.45) is 3.59. The quantitative estimate of drug-likeness (QED) is 0.495. The first-order valence-electron chi connectivity index (χ1n) is 11.7. The smallest absolute Gasteiger partial charge is 0.410 e. The second-order valence-electron chi connectivity index (χ2n) is 8.37. The standard InChI is InChI=1S/C25H31N3O5S/c1-3-15-34-23-22(5-4-12-26-23)24(29)27-13-10-18(11-14-27)28-16-21(33-25(28)30)17-32-20-8-6-19(31-2)7-9-20/h4-9,12,18,21H,3,10-11,13-17H2,1-2H3. The Morgan fingerprint density at radius 1 is 1.18 bits per heavy atom. The van der Waals surface area contributed by atoms with Crippen LogP contribution < -0.4 is 9.47 Å². The van der Waals surface area contributed by atoms with Crippen LogP contribution in [0.2, 0.25) is 0 Å². The van der Waals surface area contributed by atoms with Crippen LogP contribution in [0.5, 0.6) is 11.5 Å². The molecule has 1 atom stereocenters. The van der Waals surface area contributed by atoms with Gasteiger partial charge in [0.1, 0.15) is 23.1 Å². The van der Waals surface area contributed by atoms with Crippen molar-refractivity contribution in [2.45, 2.75) is 43.4 Å². The Bertz CT molecular complexity index is 979. The lowest BCUT2D eigenvalue weighted by Gasteiger charge is -2.35. The number of likely N-dealkylation sites (tertiary alicyclic amines) is 1. The number of nitrogens with zero attached hydrogens (tertiary/aromatic N) is 3. The zero-order valence-corrected chi connectivity index (χ0v) is 20.5. The van der Waals surface area contributed by atoms with Crippen LogP contribution in [0.4, 0.5) is 4.79 Å². The van der Waals surface area contributed by atoms with Crippen molar-refractivity contribution in [3.8, 4) is 11.5 Å². The summed E-state index contributed by atoms with van der Waals surface area (Å²) < 4.78 is 16.5. The lowest BCUT2D eigenvalue weighted by molar-refractivity contribution is 0.0654. The van der Waals surface area contributed by atoms with Crippen LogP contribution >= 0.6 is 11.8 Å². The molecule has 0 N–H and O–H groups in total. The van der Waals surface area contributed by atoms with Crippen molar-refractivity contribution in [2.24, 2.45) is 0 Å². The van der Waals surface area contributed by atoms with Gasteiger partial charge in [0.2, 0.25) is 0 Å². The Hall–Kier alpha value is -2.94. The first-order valence-corrected chi connectivity index (χ1v) is 12.7. The number of methoxy groups -OCH3 is 1. The molecule has 0 bridgehead atoms. The fourth-order valence-electron chi connectivity index (χ4n) is 4.21. The monoisotopic (exact) mass is 485 g/mol. The van der Waals surface area contributed by atoms with E-state index in [2.05, 4.69) is 11.9 Å². The molecule has 1 aromatic heterocycles. The summed E-state index contributed by atoms with van der Waals surface area (Å²) in [5.41, 5.74) is 0.663. The van der Waals surface area contributed by atoms with Crippen molar-refractivity contribution < 1.29 is 23.8 Å². The summed E-state index contributed by atoms with van der Waals surface area (Å²) in [7, 11) is 1.62. The van der Waals surface area contributed by atoms with E-state index in [1.807, 2.05) is 41.3 Å². The molecule has 2 aromatic rings. The summed E-state index contributed by atoms with van der Waals surface area (Å²) in [5.74, 6) is 2.41. The van der Waals surface area contributed by atoms with Gasteiger partial charge in [-0.3, -0.25) is 4.79 Å². The van der Waals surface area contributed by atoms with Crippen LogP contribution in [0.25, 0.3) is 0 Å². The van der Waals surface area contributed by atoms with Gasteiger partial charge in [-0.15, -0.1) is 11.8 Å². The van der Waals surface area contributed by atoms with Gasteiger partial charge >= 0.3 is 6.09 Å². The zero-order valence-electron chi connectivity index (χ0n) is 19.6. The van der Waals surface area contributed by atoms with Crippen molar-refractivity contribution in [1.29, 1.82) is 0 Å². The third-order valence-electron chi connectivity index (χ3n) is 6.03. The number of amides is 2. The number of carbonyl (C=O) groups excluding carboxylic acids is 2. The number of ether oxygens (including phenoxy) is 3. The molecule has 3 heterocycles. The van der Waals surface area contributed by atoms with E-state index in [-0.39, 0.29) is 24.1 Å². The second-order valence-corrected chi connectivity index (χ2v) is 9.46. The average molecular weight is 486 g/mol. The van der Waals surface area contributed by atoms with Crippen molar-refractivity contribution in [3.05, 3.63) is 48.2 Å². The molecular weight excluding hydrogens is 454 g/mol. The molecule has 1 aromatic carbocycles. The third-order valence-corrected chi connectivity index (χ3v) is 7.25. The molecule has 34 heavy (non-hydrogen) atoms. The average Bonchev–Trinajstić information content (AvgIpc) is 3.26. The Balaban J connectivity index is 1.27. The molecule has 0 spiro atoms. The summed E-state index contributed by atoms with van der Waals surface area (Å²) in [6.45, 7) is 4.11. The number of rotatable bonds is 9. The van der Waals surface area contributed by atoms with Crippen LogP contribution in [-0.4, -0.2) is 78.0 Å². The second kappa shape index (κ2) is 11.5. The number of hydrogen-bond donors (Lipinski definition) is 0. The first kappa shape index (κ1) is 24.2. The Kier molecular flexibility index (Phi) is 8.16. The fourth-order valence-corrected chi connectivity index (χ4v) is 5.05. The molecular formula is C25H31N3O5S. The highest BCUT2D eigenvalue weighted by molar-refractivity contribution is 7.99. The SMILES string of the molecule is CCCSc1ncccc1C(=O)N1CCC(N2CC(COc3ccc(OC)cc3)OC2=O)CC1. The normalized spacial score (nSPS) is 18.6. The van der Waals surface area contributed by atoms with Gasteiger partial charge in [-0.25, -0.2) is 9.78 Å². The largest absolute Gasteiger partial charge is 0.497 e. The molecule has 2 aliphatic rings. The highest BCUT2D eigenvalue weighted by Gasteiger charge is 2.38. The van der Waals surface area contributed by atoms with Crippen molar-refractivity contribution in [3.63, 3.8) is 0 Å². The Morgan fingerprint density at radius 2 is 1.91 bits per heavy atom. The molecule has 4 rings (SSSR count). The van der Waals surface area contributed by atoms with Gasteiger partial charge in [-0.05, 0) is 61.4 Å². The summed E-state index contributed by atoms with van der Waals surface area (Å²) in [4.78, 5) is 33.7. The summed E-state index contributed by atoms with van der Waals surface area (Å²) in [6, 6.07) is 11.0. The van der Waals surface area contributed by atoms with Gasteiger partial charge in [0.25, 0.3) is 5.91 Å². The lowest BCUT2D eigenvalue weighted by Crippen LogP contribution is -2.47. The number of thioether (sulfide) groups is 1. The minimum atomic E-state index is -0.317. The molecule has 9 heteroatoms. The molecule has 0 aliphatic carbocycles. The number of piperidine rings is 1. The van der Waals surface area contributed by atoms with Crippen LogP contribution in [0, 0.1) is 0 Å². The van der Waals surface area contributed by atoms with Gasteiger partial charge in [0.15, 0.2) is 6.10 Å². The van der Waals surface area contributed by atoms with E-state index in [1.54, 1.807) is 30.0 Å². The van der Waals surface area contributed by atoms with E-state index in [4.69, 9.17) is 14.2 Å². The van der Waals surface area contributed by atoms with E-state index in [1.165, 1.54) is 0 Å². The number of carbonyl (C=O) groups is 2. The minimum Gasteiger partial charge on any atom is -0.497 e. The van der Waals surface area contributed by atoms with Crippen LogP contribution in [0.15, 0.2) is 47.6 Å². The Labute approximate surface area is 204 Å². The predicted molar refractivity (Wildman–Crippen MR) is 130 cm³/mol. The van der Waals surface area contributed by atoms with E-state index < -0.39 is 0 Å². The molecule has 2 aliphatic heterocycles. The van der Waals surface area contributed by atoms with Gasteiger partial charge in [0.05, 0.1) is 19.2 Å². The van der Waals surface area contributed by atoms with Crippen molar-refractivity contribution in [2.75, 3.05) is 39.1 Å². The van der Waals surface area contributed by atoms with Crippen molar-refractivity contribution in [1.82, 2.24) is 14.8 Å². The van der Waals surface area contributed by atoms with E-state index >= 15 is 0 Å². The number of benzene rings is 1. The maximum Gasteiger partial charge on any atom is 0.410 e. The molecule has 2 amide bonds. The molecule has 2 fully saturated rings. The fraction of sp³-hybridized carbons (Fsp3) is 0.480. The maximum absolute atomic E-state index is 13.1. The van der Waals surface area contributed by atoms with E-state index in [0.717, 1.165) is 35.8 Å². The summed E-state index contributed by atoms with van der Waals surface area (Å²) in [5, 5.41) is 0.791. The van der Waals surface area contributed by atoms with Crippen LogP contribution in [0.3, 0.4) is 0 Å². The first-order chi connectivity index (χ1) is 16.6. The molecule has 182 valence electrons. The maximum atomic E-state index is 13.1. The van der Waals surface area contributed by atoms with E-state index in [9.17, 15) is 9.59 Å². The van der Waals surface area contributed by atoms with Gasteiger partial charge in [0, 0.05) is 25.3 Å². The highest BCUT2D eigenvalue weighted by Crippen LogP contribution is 2.27. The number of aromatic nitrogens is 1. The third kappa shape index (κ3) is 5.75. The zero-order chi connectivity index (χ0) is 23.9. The number of pyridine rings is 1. The van der Waals surface area contributed by atoms with Crippen LogP contribution in [-0.2, 0) is 4.74 Å². The molecule has 0 radical (unpaired) electrons. The van der Waals surface area contributed by atoms with E-state index in [0.29, 0.717) is 37.6 Å². The lowest BCUT2D eigenvalue weighted by atomic mass is 10.0. The molecule has 8 nitrogen and oxygen atoms in total. The molecule has 0 saturated carbocycles. The van der Waals surface area contributed by atoms with Crippen LogP contribution in [0.1, 0.15) is 36.5 Å². The predicted octanol–water partition coefficient (Wildman–Crippen LogP) is 4.10. The summed E-state index contributed by atoms with van der Waals surface area (Å²) >= 11 is 1.62. The highest BCUT2D eigenvalue weighted by atomic mass is 32.2. The molecule has 1 unspecified atom stereocenters. The van der Waals surface area contributed by atoms with Gasteiger partial charge in [-0.2, -0.15) is 0 Å². The van der Waals surface area contributed by atoms with Gasteiger partial charge < -0.3 is 24.0 Å². The molecule has 2 saturated heterocycles. The minimum absolute atomic E-state index is 0.0138. The van der Waals surface area contributed by atoms with Crippen molar-refractivity contribution >= 4 is 23.8 Å². The Morgan fingerprint density at radius 3 is 2.62 bits per heavy atom. The number of cyclic esters (lactones) is 1. The number of hydrogen-bond acceptors (Lipinski definition) is 7. The van der Waals surface area contributed by atoms with Gasteiger partial charge in [-0.1, -0.05) is 6.92 Å².